The monoisotopic (exact) mass is 328 g/mol. The fourth-order valence-corrected chi connectivity index (χ4v) is 4.65. The number of fused-ring (bicyclic) bond motifs is 1. The van der Waals surface area contributed by atoms with E-state index in [1.54, 1.807) is 0 Å². The van der Waals surface area contributed by atoms with Gasteiger partial charge in [0.1, 0.15) is 0 Å². The summed E-state index contributed by atoms with van der Waals surface area (Å²) in [5.74, 6) is 0.390. The highest BCUT2D eigenvalue weighted by Crippen LogP contribution is 2.30. The third-order valence-electron chi connectivity index (χ3n) is 6.12. The average molecular weight is 328 g/mol. The molecule has 0 atom stereocenters. The normalized spacial score (nSPS) is 24.3. The van der Waals surface area contributed by atoms with Gasteiger partial charge in [-0.15, -0.1) is 0 Å². The van der Waals surface area contributed by atoms with Crippen molar-refractivity contribution in [3.05, 3.63) is 35.4 Å². The molecule has 2 fully saturated rings. The Morgan fingerprint density at radius 2 is 1.62 bits per heavy atom. The zero-order chi connectivity index (χ0) is 16.6. The molecule has 1 amide bonds. The van der Waals surface area contributed by atoms with Crippen molar-refractivity contribution >= 4 is 5.91 Å². The third kappa shape index (κ3) is 3.22. The minimum atomic E-state index is -0.597. The standard InChI is InChI=1S/C20H28N2O2/c23-19(18-13-16-5-1-2-6-17(16)14-18)22-11-7-20(24,8-12-22)15-21-9-3-4-10-21/h1-2,5-6,18,24H,3-4,7-15H2. The van der Waals surface area contributed by atoms with Crippen LogP contribution in [0.3, 0.4) is 0 Å². The molecule has 2 aliphatic heterocycles. The number of hydrogen-bond acceptors (Lipinski definition) is 3. The van der Waals surface area contributed by atoms with E-state index in [4.69, 9.17) is 0 Å². The Labute approximate surface area is 144 Å². The number of benzene rings is 1. The van der Waals surface area contributed by atoms with Gasteiger partial charge in [0.25, 0.3) is 0 Å². The largest absolute Gasteiger partial charge is 0.388 e. The van der Waals surface area contributed by atoms with Gasteiger partial charge in [0.05, 0.1) is 5.60 Å². The molecule has 1 aromatic carbocycles. The van der Waals surface area contributed by atoms with E-state index in [9.17, 15) is 9.90 Å². The van der Waals surface area contributed by atoms with Crippen LogP contribution in [0, 0.1) is 5.92 Å². The summed E-state index contributed by atoms with van der Waals surface area (Å²) < 4.78 is 0. The van der Waals surface area contributed by atoms with E-state index in [1.165, 1.54) is 24.0 Å². The van der Waals surface area contributed by atoms with E-state index in [0.717, 1.165) is 45.3 Å². The summed E-state index contributed by atoms with van der Waals surface area (Å²) in [4.78, 5) is 17.2. The van der Waals surface area contributed by atoms with E-state index in [2.05, 4.69) is 29.2 Å². The first-order chi connectivity index (χ1) is 11.6. The molecule has 4 heteroatoms. The summed E-state index contributed by atoms with van der Waals surface area (Å²) >= 11 is 0. The van der Waals surface area contributed by atoms with Crippen molar-refractivity contribution in [1.82, 2.24) is 9.80 Å². The highest BCUT2D eigenvalue weighted by atomic mass is 16.3. The van der Waals surface area contributed by atoms with Crippen molar-refractivity contribution in [2.45, 2.75) is 44.1 Å². The minimum absolute atomic E-state index is 0.104. The Balaban J connectivity index is 1.32. The second kappa shape index (κ2) is 6.49. The molecule has 130 valence electrons. The molecule has 0 spiro atoms. The molecule has 0 saturated carbocycles. The first-order valence-electron chi connectivity index (χ1n) is 9.43. The van der Waals surface area contributed by atoms with E-state index in [1.807, 2.05) is 4.90 Å². The van der Waals surface area contributed by atoms with Gasteiger partial charge in [-0.25, -0.2) is 0 Å². The maximum Gasteiger partial charge on any atom is 0.226 e. The van der Waals surface area contributed by atoms with Crippen LogP contribution in [-0.2, 0) is 17.6 Å². The van der Waals surface area contributed by atoms with Crippen molar-refractivity contribution in [1.29, 1.82) is 0 Å². The lowest BCUT2D eigenvalue weighted by Gasteiger charge is -2.41. The van der Waals surface area contributed by atoms with Crippen LogP contribution in [0.1, 0.15) is 36.8 Å². The molecule has 4 nitrogen and oxygen atoms in total. The van der Waals surface area contributed by atoms with Crippen molar-refractivity contribution < 1.29 is 9.90 Å². The number of nitrogens with zero attached hydrogens (tertiary/aromatic N) is 2. The van der Waals surface area contributed by atoms with Gasteiger partial charge in [0.15, 0.2) is 0 Å². The third-order valence-corrected chi connectivity index (χ3v) is 6.12. The Hall–Kier alpha value is -1.39. The quantitative estimate of drug-likeness (QED) is 0.921. The Morgan fingerprint density at radius 3 is 2.21 bits per heavy atom. The van der Waals surface area contributed by atoms with Gasteiger partial charge in [-0.3, -0.25) is 4.79 Å². The molecular weight excluding hydrogens is 300 g/mol. The van der Waals surface area contributed by atoms with Gasteiger partial charge in [-0.1, -0.05) is 24.3 Å². The highest BCUT2D eigenvalue weighted by Gasteiger charge is 2.38. The summed E-state index contributed by atoms with van der Waals surface area (Å²) in [5.41, 5.74) is 2.07. The van der Waals surface area contributed by atoms with Crippen molar-refractivity contribution in [2.75, 3.05) is 32.7 Å². The topological polar surface area (TPSA) is 43.8 Å². The molecule has 0 radical (unpaired) electrons. The SMILES string of the molecule is O=C(C1Cc2ccccc2C1)N1CCC(O)(CN2CCCC2)CC1. The van der Waals surface area contributed by atoms with Crippen LogP contribution in [0.2, 0.25) is 0 Å². The summed E-state index contributed by atoms with van der Waals surface area (Å²) in [6.45, 7) is 4.42. The molecule has 2 saturated heterocycles. The van der Waals surface area contributed by atoms with Crippen molar-refractivity contribution in [3.8, 4) is 0 Å². The summed E-state index contributed by atoms with van der Waals surface area (Å²) in [5, 5.41) is 10.9. The Kier molecular flexibility index (Phi) is 4.35. The Morgan fingerprint density at radius 1 is 1.04 bits per heavy atom. The molecule has 4 rings (SSSR count). The number of carbonyl (C=O) groups is 1. The second-order valence-corrected chi connectivity index (χ2v) is 7.91. The highest BCUT2D eigenvalue weighted by molar-refractivity contribution is 5.80. The number of amides is 1. The number of carbonyl (C=O) groups excluding carboxylic acids is 1. The van der Waals surface area contributed by atoms with Gasteiger partial charge in [-0.2, -0.15) is 0 Å². The number of likely N-dealkylation sites (tertiary alicyclic amines) is 2. The summed E-state index contributed by atoms with van der Waals surface area (Å²) in [7, 11) is 0. The summed E-state index contributed by atoms with van der Waals surface area (Å²) in [6.07, 6.45) is 5.70. The lowest BCUT2D eigenvalue weighted by Crippen LogP contribution is -2.52. The molecular formula is C20H28N2O2. The molecule has 24 heavy (non-hydrogen) atoms. The second-order valence-electron chi connectivity index (χ2n) is 7.91. The first kappa shape index (κ1) is 16.1. The zero-order valence-corrected chi connectivity index (χ0v) is 14.4. The molecule has 0 unspecified atom stereocenters. The lowest BCUT2D eigenvalue weighted by molar-refractivity contribution is -0.140. The van der Waals surface area contributed by atoms with E-state index in [-0.39, 0.29) is 11.8 Å². The molecule has 0 bridgehead atoms. The van der Waals surface area contributed by atoms with Gasteiger partial charge in [-0.05, 0) is 62.7 Å². The van der Waals surface area contributed by atoms with Crippen molar-refractivity contribution in [3.63, 3.8) is 0 Å². The van der Waals surface area contributed by atoms with Crippen LogP contribution in [0.25, 0.3) is 0 Å². The first-order valence-corrected chi connectivity index (χ1v) is 9.43. The van der Waals surface area contributed by atoms with E-state index >= 15 is 0 Å². The van der Waals surface area contributed by atoms with Crippen LogP contribution in [0.5, 0.6) is 0 Å². The lowest BCUT2D eigenvalue weighted by atomic mass is 9.90. The predicted octanol–water partition coefficient (Wildman–Crippen LogP) is 1.85. The molecule has 1 aliphatic carbocycles. The number of β-amino-alcohol motifs (C(OH)–C–C–N with tert-alkyl or cyclic N) is 1. The van der Waals surface area contributed by atoms with Gasteiger partial charge >= 0.3 is 0 Å². The zero-order valence-electron chi connectivity index (χ0n) is 14.4. The molecule has 0 aromatic heterocycles. The number of piperidine rings is 1. The summed E-state index contributed by atoms with van der Waals surface area (Å²) in [6, 6.07) is 8.41. The number of rotatable bonds is 3. The maximum atomic E-state index is 12.9. The van der Waals surface area contributed by atoms with Crippen LogP contribution in [0.15, 0.2) is 24.3 Å². The van der Waals surface area contributed by atoms with Gasteiger partial charge in [0.2, 0.25) is 5.91 Å². The number of hydrogen-bond donors (Lipinski definition) is 1. The Bertz CT molecular complexity index is 576. The molecule has 1 N–H and O–H groups in total. The molecule has 3 aliphatic rings. The smallest absolute Gasteiger partial charge is 0.226 e. The minimum Gasteiger partial charge on any atom is -0.388 e. The van der Waals surface area contributed by atoms with Crippen molar-refractivity contribution in [2.24, 2.45) is 5.92 Å². The molecule has 2 heterocycles. The molecule has 1 aromatic rings. The predicted molar refractivity (Wildman–Crippen MR) is 93.8 cm³/mol. The number of aliphatic hydroxyl groups is 1. The van der Waals surface area contributed by atoms with E-state index < -0.39 is 5.60 Å². The van der Waals surface area contributed by atoms with Crippen LogP contribution >= 0.6 is 0 Å². The van der Waals surface area contributed by atoms with Crippen LogP contribution in [0.4, 0.5) is 0 Å². The van der Waals surface area contributed by atoms with Crippen LogP contribution < -0.4 is 0 Å². The van der Waals surface area contributed by atoms with E-state index in [0.29, 0.717) is 13.1 Å². The fraction of sp³-hybridized carbons (Fsp3) is 0.650. The maximum absolute atomic E-state index is 12.9. The average Bonchev–Trinajstić information content (AvgIpc) is 3.23. The van der Waals surface area contributed by atoms with Gasteiger partial charge < -0.3 is 14.9 Å². The van der Waals surface area contributed by atoms with Gasteiger partial charge in [0, 0.05) is 25.6 Å². The fourth-order valence-electron chi connectivity index (χ4n) is 4.65. The van der Waals surface area contributed by atoms with Crippen LogP contribution in [-0.4, -0.2) is 59.1 Å².